The molecule has 0 amide bonds. The van der Waals surface area contributed by atoms with Gasteiger partial charge < -0.3 is 14.5 Å². The van der Waals surface area contributed by atoms with Gasteiger partial charge in [0.2, 0.25) is 0 Å². The van der Waals surface area contributed by atoms with E-state index < -0.39 is 23.3 Å². The topological polar surface area (TPSA) is 68.5 Å². The van der Waals surface area contributed by atoms with Crippen LogP contribution in [0.4, 0.5) is 24.5 Å². The van der Waals surface area contributed by atoms with Gasteiger partial charge >= 0.3 is 17.8 Å². The summed E-state index contributed by atoms with van der Waals surface area (Å²) in [5.74, 6) is -0.705. The molecule has 0 saturated heterocycles. The quantitative estimate of drug-likeness (QED) is 0.236. The first-order valence-electron chi connectivity index (χ1n) is 9.63. The fourth-order valence-electron chi connectivity index (χ4n) is 3.24. The summed E-state index contributed by atoms with van der Waals surface area (Å²) in [6.45, 7) is -0.194. The minimum atomic E-state index is -4.49. The van der Waals surface area contributed by atoms with E-state index in [1.807, 2.05) is 0 Å². The third kappa shape index (κ3) is 5.25. The summed E-state index contributed by atoms with van der Waals surface area (Å²) in [6, 6.07) is 17.3. The summed E-state index contributed by atoms with van der Waals surface area (Å²) in [4.78, 5) is 24.7. The number of fused-ring (bicyclic) bond motifs is 1. The lowest BCUT2D eigenvalue weighted by atomic mass is 10.1. The van der Waals surface area contributed by atoms with Gasteiger partial charge in [0.1, 0.15) is 12.2 Å². The Kier molecular flexibility index (Phi) is 6.24. The number of nitrogens with one attached hydrogen (secondary N) is 1. The standard InChI is InChI=1S/C24H15BrF3NO4/c25-16-8-9-18-14(10-22(30)33-21(18)12-16)13-32-23(31)19-6-1-2-7-20(19)29-17-5-3-4-15(11-17)24(26,27)28/h1-12,29H,13H2. The molecule has 4 aromatic rings. The van der Waals surface area contributed by atoms with Gasteiger partial charge in [-0.2, -0.15) is 13.2 Å². The molecular formula is C24H15BrF3NO4. The number of anilines is 2. The van der Waals surface area contributed by atoms with Crippen LogP contribution in [0.25, 0.3) is 11.0 Å². The van der Waals surface area contributed by atoms with Crippen LogP contribution in [0.1, 0.15) is 21.5 Å². The smallest absolute Gasteiger partial charge is 0.416 e. The highest BCUT2D eigenvalue weighted by Gasteiger charge is 2.30. The molecule has 0 saturated carbocycles. The van der Waals surface area contributed by atoms with E-state index in [-0.39, 0.29) is 23.5 Å². The van der Waals surface area contributed by atoms with Crippen LogP contribution in [0.2, 0.25) is 0 Å². The third-order valence-corrected chi connectivity index (χ3v) is 5.26. The van der Waals surface area contributed by atoms with Crippen molar-refractivity contribution < 1.29 is 27.1 Å². The predicted octanol–water partition coefficient (Wildman–Crippen LogP) is 6.67. The third-order valence-electron chi connectivity index (χ3n) is 4.77. The van der Waals surface area contributed by atoms with Crippen molar-refractivity contribution in [3.63, 3.8) is 0 Å². The fourth-order valence-corrected chi connectivity index (χ4v) is 3.58. The average Bonchev–Trinajstić information content (AvgIpc) is 2.77. The Labute approximate surface area is 193 Å². The van der Waals surface area contributed by atoms with Gasteiger partial charge in [-0.05, 0) is 48.5 Å². The van der Waals surface area contributed by atoms with Crippen LogP contribution in [-0.2, 0) is 17.5 Å². The van der Waals surface area contributed by atoms with E-state index in [0.29, 0.717) is 16.5 Å². The maximum absolute atomic E-state index is 13.0. The van der Waals surface area contributed by atoms with Gasteiger partial charge in [0.05, 0.1) is 16.8 Å². The highest BCUT2D eigenvalue weighted by atomic mass is 79.9. The Morgan fingerprint density at radius 2 is 1.79 bits per heavy atom. The molecule has 5 nitrogen and oxygen atoms in total. The van der Waals surface area contributed by atoms with Crippen LogP contribution in [0.5, 0.6) is 0 Å². The molecule has 4 rings (SSSR count). The van der Waals surface area contributed by atoms with Crippen LogP contribution in [0, 0.1) is 0 Å². The molecule has 0 bridgehead atoms. The number of halogens is 4. The van der Waals surface area contributed by atoms with Gasteiger partial charge in [-0.1, -0.05) is 34.1 Å². The van der Waals surface area contributed by atoms with Crippen LogP contribution < -0.4 is 10.9 Å². The van der Waals surface area contributed by atoms with Gasteiger partial charge in [-0.25, -0.2) is 9.59 Å². The molecule has 1 N–H and O–H groups in total. The lowest BCUT2D eigenvalue weighted by molar-refractivity contribution is -0.137. The van der Waals surface area contributed by atoms with Gasteiger partial charge in [0.15, 0.2) is 0 Å². The van der Waals surface area contributed by atoms with Gasteiger partial charge in [0.25, 0.3) is 0 Å². The highest BCUT2D eigenvalue weighted by Crippen LogP contribution is 2.32. The van der Waals surface area contributed by atoms with Crippen LogP contribution >= 0.6 is 15.9 Å². The molecule has 0 unspecified atom stereocenters. The number of carbonyl (C=O) groups excluding carboxylic acids is 1. The van der Waals surface area contributed by atoms with E-state index in [2.05, 4.69) is 21.2 Å². The number of ether oxygens (including phenoxy) is 1. The molecular weight excluding hydrogens is 503 g/mol. The van der Waals surface area contributed by atoms with Crippen molar-refractivity contribution in [1.82, 2.24) is 0 Å². The Morgan fingerprint density at radius 1 is 1.00 bits per heavy atom. The first-order valence-corrected chi connectivity index (χ1v) is 10.4. The maximum atomic E-state index is 13.0. The Hall–Kier alpha value is -3.59. The number of para-hydroxylation sites is 1. The molecule has 9 heteroatoms. The Balaban J connectivity index is 1.56. The molecule has 1 heterocycles. The first-order chi connectivity index (χ1) is 15.7. The number of benzene rings is 3. The molecule has 0 fully saturated rings. The van der Waals surface area contributed by atoms with Crippen molar-refractivity contribution in [1.29, 1.82) is 0 Å². The minimum Gasteiger partial charge on any atom is -0.457 e. The van der Waals surface area contributed by atoms with Crippen LogP contribution in [0.15, 0.2) is 86.5 Å². The van der Waals surface area contributed by atoms with E-state index in [1.54, 1.807) is 36.4 Å². The molecule has 3 aromatic carbocycles. The molecule has 0 atom stereocenters. The van der Waals surface area contributed by atoms with E-state index >= 15 is 0 Å². The van der Waals surface area contributed by atoms with Crippen molar-refractivity contribution in [2.24, 2.45) is 0 Å². The number of hydrogen-bond donors (Lipinski definition) is 1. The molecule has 0 radical (unpaired) electrons. The van der Waals surface area contributed by atoms with Gasteiger partial charge in [-0.15, -0.1) is 0 Å². The lowest BCUT2D eigenvalue weighted by Gasteiger charge is -2.14. The second-order valence-corrected chi connectivity index (χ2v) is 7.97. The van der Waals surface area contributed by atoms with Crippen molar-refractivity contribution in [2.75, 3.05) is 5.32 Å². The van der Waals surface area contributed by atoms with Crippen LogP contribution in [0.3, 0.4) is 0 Å². The summed E-state index contributed by atoms with van der Waals surface area (Å²) in [5, 5.41) is 3.45. The summed E-state index contributed by atoms with van der Waals surface area (Å²) in [5.41, 5.74) is -0.0115. The van der Waals surface area contributed by atoms with E-state index in [9.17, 15) is 22.8 Å². The highest BCUT2D eigenvalue weighted by molar-refractivity contribution is 9.10. The second-order valence-electron chi connectivity index (χ2n) is 7.06. The molecule has 0 aliphatic rings. The molecule has 168 valence electrons. The fraction of sp³-hybridized carbons (Fsp3) is 0.0833. The van der Waals surface area contributed by atoms with Crippen molar-refractivity contribution in [3.05, 3.63) is 104 Å². The van der Waals surface area contributed by atoms with Crippen molar-refractivity contribution in [3.8, 4) is 0 Å². The number of carbonyl (C=O) groups is 1. The van der Waals surface area contributed by atoms with E-state index in [1.165, 1.54) is 24.3 Å². The number of alkyl halides is 3. The zero-order valence-electron chi connectivity index (χ0n) is 16.8. The number of rotatable bonds is 5. The van der Waals surface area contributed by atoms with Crippen molar-refractivity contribution >= 4 is 44.2 Å². The first kappa shape index (κ1) is 22.6. The van der Waals surface area contributed by atoms with Crippen LogP contribution in [-0.4, -0.2) is 5.97 Å². The molecule has 0 spiro atoms. The SMILES string of the molecule is O=C(OCc1cc(=O)oc2cc(Br)ccc12)c1ccccc1Nc1cccc(C(F)(F)F)c1. The predicted molar refractivity (Wildman–Crippen MR) is 120 cm³/mol. The summed E-state index contributed by atoms with van der Waals surface area (Å²) in [6.07, 6.45) is -4.49. The Bertz CT molecular complexity index is 1400. The van der Waals surface area contributed by atoms with Gasteiger partial charge in [0, 0.05) is 27.2 Å². The Morgan fingerprint density at radius 3 is 2.58 bits per heavy atom. The second kappa shape index (κ2) is 9.11. The van der Waals surface area contributed by atoms with Crippen molar-refractivity contribution in [2.45, 2.75) is 12.8 Å². The van der Waals surface area contributed by atoms with E-state index in [4.69, 9.17) is 9.15 Å². The molecule has 1 aromatic heterocycles. The number of hydrogen-bond acceptors (Lipinski definition) is 5. The van der Waals surface area contributed by atoms with E-state index in [0.717, 1.165) is 16.6 Å². The minimum absolute atomic E-state index is 0.130. The maximum Gasteiger partial charge on any atom is 0.416 e. The zero-order valence-corrected chi connectivity index (χ0v) is 18.4. The normalized spacial score (nSPS) is 11.4. The number of esters is 1. The summed E-state index contributed by atoms with van der Waals surface area (Å²) < 4.78 is 50.3. The lowest BCUT2D eigenvalue weighted by Crippen LogP contribution is -2.10. The molecule has 0 aliphatic heterocycles. The molecule has 33 heavy (non-hydrogen) atoms. The summed E-state index contributed by atoms with van der Waals surface area (Å²) >= 11 is 3.31. The average molecular weight is 518 g/mol. The van der Waals surface area contributed by atoms with Gasteiger partial charge in [-0.3, -0.25) is 0 Å². The summed E-state index contributed by atoms with van der Waals surface area (Å²) in [7, 11) is 0. The molecule has 0 aliphatic carbocycles. The zero-order chi connectivity index (χ0) is 23.6. The largest absolute Gasteiger partial charge is 0.457 e. The monoisotopic (exact) mass is 517 g/mol.